The van der Waals surface area contributed by atoms with Crippen molar-refractivity contribution in [2.24, 2.45) is 0 Å². The molecule has 19 heavy (non-hydrogen) atoms. The van der Waals surface area contributed by atoms with Gasteiger partial charge in [-0.2, -0.15) is 0 Å². The maximum Gasteiger partial charge on any atom is 0.314 e. The molecule has 1 rings (SSSR count). The Morgan fingerprint density at radius 1 is 1.37 bits per heavy atom. The fraction of sp³-hybridized carbons (Fsp3) is 0.667. The lowest BCUT2D eigenvalue weighted by atomic mass is 10.0. The third kappa shape index (κ3) is 5.33. The molecular formula is C15H25NO2S. The fourth-order valence-corrected chi connectivity index (χ4v) is 2.92. The number of thiophene rings is 1. The quantitative estimate of drug-likeness (QED) is 0.649. The van der Waals surface area contributed by atoms with E-state index in [9.17, 15) is 4.79 Å². The number of carbonyl (C=O) groups is 1. The summed E-state index contributed by atoms with van der Waals surface area (Å²) in [4.78, 5) is 15.5. The van der Waals surface area contributed by atoms with Crippen molar-refractivity contribution in [1.82, 2.24) is 4.90 Å². The second-order valence-corrected chi connectivity index (χ2v) is 5.53. The lowest BCUT2D eigenvalue weighted by Crippen LogP contribution is -2.28. The van der Waals surface area contributed by atoms with Crippen LogP contribution in [0.25, 0.3) is 0 Å². The average molecular weight is 283 g/mol. The third-order valence-corrected chi connectivity index (χ3v) is 4.28. The number of esters is 1. The van der Waals surface area contributed by atoms with E-state index in [1.165, 1.54) is 0 Å². The summed E-state index contributed by atoms with van der Waals surface area (Å²) in [5.74, 6) is -0.154. The molecule has 0 bridgehead atoms. The predicted octanol–water partition coefficient (Wildman–Crippen LogP) is 3.52. The highest BCUT2D eigenvalue weighted by Crippen LogP contribution is 2.26. The minimum atomic E-state index is -0.0818. The zero-order valence-electron chi connectivity index (χ0n) is 12.2. The highest BCUT2D eigenvalue weighted by Gasteiger charge is 2.22. The Labute approximate surface area is 120 Å². The molecule has 108 valence electrons. The molecule has 1 atom stereocenters. The number of hydrogen-bond donors (Lipinski definition) is 0. The van der Waals surface area contributed by atoms with Crippen molar-refractivity contribution in [3.8, 4) is 0 Å². The monoisotopic (exact) mass is 283 g/mol. The van der Waals surface area contributed by atoms with Crippen molar-refractivity contribution >= 4 is 17.3 Å². The first-order valence-corrected chi connectivity index (χ1v) is 8.03. The van der Waals surface area contributed by atoms with Crippen LogP contribution in [0.5, 0.6) is 0 Å². The van der Waals surface area contributed by atoms with Crippen molar-refractivity contribution in [3.63, 3.8) is 0 Å². The van der Waals surface area contributed by atoms with Gasteiger partial charge in [-0.15, -0.1) is 11.3 Å². The van der Waals surface area contributed by atoms with Crippen molar-refractivity contribution in [3.05, 3.63) is 22.4 Å². The maximum absolute atomic E-state index is 12.2. The lowest BCUT2D eigenvalue weighted by Gasteiger charge is -2.19. The predicted molar refractivity (Wildman–Crippen MR) is 80.7 cm³/mol. The van der Waals surface area contributed by atoms with Crippen LogP contribution in [0.2, 0.25) is 0 Å². The van der Waals surface area contributed by atoms with Crippen LogP contribution in [-0.4, -0.2) is 37.1 Å². The van der Waals surface area contributed by atoms with E-state index in [0.717, 1.165) is 37.4 Å². The van der Waals surface area contributed by atoms with E-state index in [1.807, 2.05) is 17.5 Å². The van der Waals surface area contributed by atoms with Gasteiger partial charge in [0.2, 0.25) is 0 Å². The van der Waals surface area contributed by atoms with E-state index in [1.54, 1.807) is 11.3 Å². The maximum atomic E-state index is 12.2. The number of hydrogen-bond acceptors (Lipinski definition) is 4. The molecule has 0 aliphatic carbocycles. The SMILES string of the molecule is CCCC(C(=O)OCCN(CC)CC)c1cccs1. The molecule has 0 amide bonds. The summed E-state index contributed by atoms with van der Waals surface area (Å²) in [6.45, 7) is 9.65. The molecule has 0 saturated carbocycles. The Balaban J connectivity index is 2.45. The summed E-state index contributed by atoms with van der Waals surface area (Å²) in [5, 5.41) is 2.02. The Bertz CT molecular complexity index is 347. The van der Waals surface area contributed by atoms with Crippen molar-refractivity contribution in [2.45, 2.75) is 39.5 Å². The van der Waals surface area contributed by atoms with Crippen LogP contribution in [0.15, 0.2) is 17.5 Å². The third-order valence-electron chi connectivity index (χ3n) is 3.29. The van der Waals surface area contributed by atoms with Crippen molar-refractivity contribution in [2.75, 3.05) is 26.2 Å². The zero-order valence-corrected chi connectivity index (χ0v) is 13.0. The Morgan fingerprint density at radius 2 is 2.11 bits per heavy atom. The van der Waals surface area contributed by atoms with Gasteiger partial charge in [-0.1, -0.05) is 33.3 Å². The van der Waals surface area contributed by atoms with Crippen molar-refractivity contribution in [1.29, 1.82) is 0 Å². The van der Waals surface area contributed by atoms with E-state index >= 15 is 0 Å². The standard InChI is InChI=1S/C15H25NO2S/c1-4-8-13(14-9-7-12-19-14)15(17)18-11-10-16(5-2)6-3/h7,9,12-13H,4-6,8,10-11H2,1-3H3. The summed E-state index contributed by atoms with van der Waals surface area (Å²) in [5.41, 5.74) is 0. The normalized spacial score (nSPS) is 12.6. The topological polar surface area (TPSA) is 29.5 Å². The highest BCUT2D eigenvalue weighted by atomic mass is 32.1. The van der Waals surface area contributed by atoms with Gasteiger partial charge in [0.05, 0.1) is 5.92 Å². The van der Waals surface area contributed by atoms with Gasteiger partial charge in [0.15, 0.2) is 0 Å². The second-order valence-electron chi connectivity index (χ2n) is 4.55. The first kappa shape index (κ1) is 16.2. The van der Waals surface area contributed by atoms with Gasteiger partial charge >= 0.3 is 5.97 Å². The first-order valence-electron chi connectivity index (χ1n) is 7.15. The van der Waals surface area contributed by atoms with E-state index in [0.29, 0.717) is 6.61 Å². The van der Waals surface area contributed by atoms with Crippen LogP contribution in [0.3, 0.4) is 0 Å². The summed E-state index contributed by atoms with van der Waals surface area (Å²) < 4.78 is 5.44. The number of nitrogens with zero attached hydrogens (tertiary/aromatic N) is 1. The summed E-state index contributed by atoms with van der Waals surface area (Å²) in [6, 6.07) is 4.02. The molecule has 0 aliphatic rings. The van der Waals surface area contributed by atoms with Crippen LogP contribution in [-0.2, 0) is 9.53 Å². The van der Waals surface area contributed by atoms with Gasteiger partial charge in [0.25, 0.3) is 0 Å². The minimum absolute atomic E-state index is 0.0727. The highest BCUT2D eigenvalue weighted by molar-refractivity contribution is 7.10. The molecule has 0 fully saturated rings. The Kier molecular flexibility index (Phi) is 7.75. The van der Waals surface area contributed by atoms with E-state index in [-0.39, 0.29) is 11.9 Å². The number of likely N-dealkylation sites (N-methyl/N-ethyl adjacent to an activating group) is 1. The van der Waals surface area contributed by atoms with Gasteiger partial charge in [0.1, 0.15) is 6.61 Å². The Hall–Kier alpha value is -0.870. The van der Waals surface area contributed by atoms with Crippen LogP contribution in [0.1, 0.15) is 44.4 Å². The number of carbonyl (C=O) groups excluding carboxylic acids is 1. The zero-order chi connectivity index (χ0) is 14.1. The van der Waals surface area contributed by atoms with Crippen LogP contribution in [0, 0.1) is 0 Å². The fourth-order valence-electron chi connectivity index (χ4n) is 2.07. The van der Waals surface area contributed by atoms with Gasteiger partial charge in [-0.3, -0.25) is 4.79 Å². The molecule has 3 nitrogen and oxygen atoms in total. The molecule has 4 heteroatoms. The first-order chi connectivity index (χ1) is 9.22. The van der Waals surface area contributed by atoms with E-state index < -0.39 is 0 Å². The van der Waals surface area contributed by atoms with Gasteiger partial charge in [-0.05, 0) is 31.0 Å². The molecule has 0 aliphatic heterocycles. The van der Waals surface area contributed by atoms with E-state index in [2.05, 4.69) is 25.7 Å². The summed E-state index contributed by atoms with van der Waals surface area (Å²) >= 11 is 1.64. The molecule has 1 aromatic heterocycles. The molecule has 1 unspecified atom stereocenters. The van der Waals surface area contributed by atoms with Gasteiger partial charge < -0.3 is 9.64 Å². The molecule has 0 N–H and O–H groups in total. The van der Waals surface area contributed by atoms with Crippen LogP contribution in [0.4, 0.5) is 0 Å². The Morgan fingerprint density at radius 3 is 2.63 bits per heavy atom. The van der Waals surface area contributed by atoms with Crippen LogP contribution < -0.4 is 0 Å². The van der Waals surface area contributed by atoms with Gasteiger partial charge in [0, 0.05) is 11.4 Å². The molecule has 0 spiro atoms. The molecule has 0 aromatic carbocycles. The molecule has 0 radical (unpaired) electrons. The molecule has 1 aromatic rings. The average Bonchev–Trinajstić information content (AvgIpc) is 2.94. The van der Waals surface area contributed by atoms with E-state index in [4.69, 9.17) is 4.74 Å². The molecule has 0 saturated heterocycles. The summed E-state index contributed by atoms with van der Waals surface area (Å²) in [6.07, 6.45) is 1.86. The molecule has 1 heterocycles. The smallest absolute Gasteiger partial charge is 0.314 e. The minimum Gasteiger partial charge on any atom is -0.464 e. The largest absolute Gasteiger partial charge is 0.464 e. The number of rotatable bonds is 9. The second kappa shape index (κ2) is 9.10. The number of ether oxygens (including phenoxy) is 1. The summed E-state index contributed by atoms with van der Waals surface area (Å²) in [7, 11) is 0. The van der Waals surface area contributed by atoms with Crippen LogP contribution >= 0.6 is 11.3 Å². The van der Waals surface area contributed by atoms with Crippen molar-refractivity contribution < 1.29 is 9.53 Å². The lowest BCUT2D eigenvalue weighted by molar-refractivity contribution is -0.146. The molecular weight excluding hydrogens is 258 g/mol. The van der Waals surface area contributed by atoms with Gasteiger partial charge in [-0.25, -0.2) is 0 Å².